The Morgan fingerprint density at radius 1 is 1.06 bits per heavy atom. The van der Waals surface area contributed by atoms with E-state index in [0.29, 0.717) is 31.8 Å². The van der Waals surface area contributed by atoms with Gasteiger partial charge in [-0.05, 0) is 31.8 Å². The van der Waals surface area contributed by atoms with Crippen molar-refractivity contribution in [1.29, 1.82) is 0 Å². The second-order valence-corrected chi connectivity index (χ2v) is 4.33. The molecule has 0 aromatic heterocycles. The molecule has 0 atom stereocenters. The number of alkyl halides is 5. The van der Waals surface area contributed by atoms with E-state index in [1.54, 1.807) is 0 Å². The monoisotopic (exact) mass is 245 g/mol. The fraction of sp³-hybridized carbons (Fsp3) is 1.00. The lowest BCUT2D eigenvalue weighted by Gasteiger charge is -2.34. The maximum Gasteiger partial charge on any atom is 0.454 e. The molecule has 0 spiro atoms. The van der Waals surface area contributed by atoms with Crippen LogP contribution in [0.4, 0.5) is 22.0 Å². The first kappa shape index (κ1) is 13.7. The van der Waals surface area contributed by atoms with Crippen LogP contribution >= 0.6 is 0 Å². The van der Waals surface area contributed by atoms with Crippen molar-refractivity contribution in [1.82, 2.24) is 4.90 Å². The first-order valence-corrected chi connectivity index (χ1v) is 5.43. The Morgan fingerprint density at radius 3 is 1.94 bits per heavy atom. The number of halogens is 5. The van der Waals surface area contributed by atoms with Crippen molar-refractivity contribution in [2.24, 2.45) is 5.92 Å². The standard InChI is InChI=1S/C10H16F5N/c1-2-8-3-5-16(6-4-8)7-9(11,12)10(13,14)15/h8H,2-7H2,1H3. The highest BCUT2D eigenvalue weighted by molar-refractivity contribution is 4.82. The summed E-state index contributed by atoms with van der Waals surface area (Å²) in [5.74, 6) is -4.12. The predicted octanol–water partition coefficient (Wildman–Crippen LogP) is 3.31. The van der Waals surface area contributed by atoms with Gasteiger partial charge >= 0.3 is 12.1 Å². The maximum atomic E-state index is 12.7. The van der Waals surface area contributed by atoms with Crippen LogP contribution in [0.15, 0.2) is 0 Å². The lowest BCUT2D eigenvalue weighted by molar-refractivity contribution is -0.287. The molecular formula is C10H16F5N. The number of piperidine rings is 1. The SMILES string of the molecule is CCC1CCN(CC(F)(F)C(F)(F)F)CC1. The molecule has 1 aliphatic rings. The molecule has 1 rings (SSSR count). The quantitative estimate of drug-likeness (QED) is 0.689. The van der Waals surface area contributed by atoms with Crippen LogP contribution in [-0.4, -0.2) is 36.6 Å². The van der Waals surface area contributed by atoms with E-state index in [9.17, 15) is 22.0 Å². The van der Waals surface area contributed by atoms with Gasteiger partial charge in [0.15, 0.2) is 0 Å². The molecule has 0 amide bonds. The molecule has 0 aromatic rings. The van der Waals surface area contributed by atoms with Crippen molar-refractivity contribution >= 4 is 0 Å². The molecule has 0 bridgehead atoms. The van der Waals surface area contributed by atoms with E-state index in [2.05, 4.69) is 0 Å². The van der Waals surface area contributed by atoms with Crippen molar-refractivity contribution in [3.05, 3.63) is 0 Å². The molecule has 0 aromatic carbocycles. The van der Waals surface area contributed by atoms with Crippen LogP contribution in [-0.2, 0) is 0 Å². The zero-order valence-corrected chi connectivity index (χ0v) is 9.16. The van der Waals surface area contributed by atoms with Crippen LogP contribution in [0.1, 0.15) is 26.2 Å². The summed E-state index contributed by atoms with van der Waals surface area (Å²) in [6.07, 6.45) is -3.05. The smallest absolute Gasteiger partial charge is 0.297 e. The maximum absolute atomic E-state index is 12.7. The molecule has 1 saturated heterocycles. The Hall–Kier alpha value is -0.390. The Labute approximate surface area is 91.6 Å². The Bertz CT molecular complexity index is 218. The molecule has 1 nitrogen and oxygen atoms in total. The fourth-order valence-electron chi connectivity index (χ4n) is 1.92. The van der Waals surface area contributed by atoms with Crippen LogP contribution in [0, 0.1) is 5.92 Å². The van der Waals surface area contributed by atoms with Gasteiger partial charge in [-0.25, -0.2) is 0 Å². The Morgan fingerprint density at radius 2 is 1.56 bits per heavy atom. The second kappa shape index (κ2) is 4.85. The van der Waals surface area contributed by atoms with Crippen LogP contribution in [0.25, 0.3) is 0 Å². The van der Waals surface area contributed by atoms with E-state index in [-0.39, 0.29) is 0 Å². The van der Waals surface area contributed by atoms with Gasteiger partial charge in [0.1, 0.15) is 0 Å². The molecule has 1 heterocycles. The molecule has 0 saturated carbocycles. The normalized spacial score (nSPS) is 21.4. The van der Waals surface area contributed by atoms with Gasteiger partial charge in [0, 0.05) is 0 Å². The zero-order chi connectivity index (χ0) is 12.4. The highest BCUT2D eigenvalue weighted by atomic mass is 19.4. The lowest BCUT2D eigenvalue weighted by Crippen LogP contribution is -2.49. The highest BCUT2D eigenvalue weighted by Crippen LogP contribution is 2.36. The third-order valence-electron chi connectivity index (χ3n) is 3.12. The van der Waals surface area contributed by atoms with E-state index in [1.165, 1.54) is 4.90 Å². The molecule has 6 heteroatoms. The number of hydrogen-bond acceptors (Lipinski definition) is 1. The van der Waals surface area contributed by atoms with Gasteiger partial charge in [-0.3, -0.25) is 4.90 Å². The van der Waals surface area contributed by atoms with Gasteiger partial charge in [-0.2, -0.15) is 22.0 Å². The fourth-order valence-corrected chi connectivity index (χ4v) is 1.92. The summed E-state index contributed by atoms with van der Waals surface area (Å²) in [5.41, 5.74) is 0. The van der Waals surface area contributed by atoms with Crippen LogP contribution in [0.5, 0.6) is 0 Å². The Kier molecular flexibility index (Phi) is 4.15. The van der Waals surface area contributed by atoms with E-state index in [4.69, 9.17) is 0 Å². The minimum atomic E-state index is -5.44. The summed E-state index contributed by atoms with van der Waals surface area (Å²) in [6.45, 7) is 1.48. The van der Waals surface area contributed by atoms with Crippen molar-refractivity contribution in [3.63, 3.8) is 0 Å². The molecule has 0 unspecified atom stereocenters. The van der Waals surface area contributed by atoms with Crippen LogP contribution < -0.4 is 0 Å². The average Bonchev–Trinajstić information content (AvgIpc) is 2.16. The summed E-state index contributed by atoms with van der Waals surface area (Å²) >= 11 is 0. The number of likely N-dealkylation sites (tertiary alicyclic amines) is 1. The molecular weight excluding hydrogens is 229 g/mol. The average molecular weight is 245 g/mol. The molecule has 96 valence electrons. The van der Waals surface area contributed by atoms with Gasteiger partial charge in [-0.15, -0.1) is 0 Å². The lowest BCUT2D eigenvalue weighted by atomic mass is 9.94. The van der Waals surface area contributed by atoms with Gasteiger partial charge < -0.3 is 0 Å². The van der Waals surface area contributed by atoms with Gasteiger partial charge in [0.25, 0.3) is 0 Å². The van der Waals surface area contributed by atoms with E-state index in [0.717, 1.165) is 6.42 Å². The van der Waals surface area contributed by atoms with Crippen molar-refractivity contribution in [3.8, 4) is 0 Å². The van der Waals surface area contributed by atoms with Crippen LogP contribution in [0.3, 0.4) is 0 Å². The summed E-state index contributed by atoms with van der Waals surface area (Å²) in [4.78, 5) is 1.21. The highest BCUT2D eigenvalue weighted by Gasteiger charge is 2.58. The van der Waals surface area contributed by atoms with Gasteiger partial charge in [0.05, 0.1) is 6.54 Å². The third-order valence-corrected chi connectivity index (χ3v) is 3.12. The minimum Gasteiger partial charge on any atom is -0.297 e. The molecule has 16 heavy (non-hydrogen) atoms. The summed E-state index contributed by atoms with van der Waals surface area (Å²) in [6, 6.07) is 0. The third kappa shape index (κ3) is 3.30. The van der Waals surface area contributed by atoms with E-state index >= 15 is 0 Å². The Balaban J connectivity index is 2.45. The van der Waals surface area contributed by atoms with Gasteiger partial charge in [0.2, 0.25) is 0 Å². The topological polar surface area (TPSA) is 3.24 Å². The minimum absolute atomic E-state index is 0.337. The number of nitrogens with zero attached hydrogens (tertiary/aromatic N) is 1. The first-order chi connectivity index (χ1) is 7.26. The molecule has 0 aliphatic carbocycles. The van der Waals surface area contributed by atoms with Crippen molar-refractivity contribution < 1.29 is 22.0 Å². The zero-order valence-electron chi connectivity index (χ0n) is 9.16. The van der Waals surface area contributed by atoms with Crippen molar-refractivity contribution in [2.75, 3.05) is 19.6 Å². The summed E-state index contributed by atoms with van der Waals surface area (Å²) in [7, 11) is 0. The largest absolute Gasteiger partial charge is 0.454 e. The molecule has 1 fully saturated rings. The summed E-state index contributed by atoms with van der Waals surface area (Å²) in [5, 5.41) is 0. The van der Waals surface area contributed by atoms with E-state index < -0.39 is 18.6 Å². The molecule has 1 aliphatic heterocycles. The summed E-state index contributed by atoms with van der Waals surface area (Å²) < 4.78 is 61.3. The predicted molar refractivity (Wildman–Crippen MR) is 50.5 cm³/mol. The van der Waals surface area contributed by atoms with Crippen LogP contribution in [0.2, 0.25) is 0 Å². The molecule has 0 radical (unpaired) electrons. The van der Waals surface area contributed by atoms with E-state index in [1.807, 2.05) is 6.92 Å². The van der Waals surface area contributed by atoms with Crippen molar-refractivity contribution in [2.45, 2.75) is 38.3 Å². The second-order valence-electron chi connectivity index (χ2n) is 4.33. The number of rotatable bonds is 3. The van der Waals surface area contributed by atoms with Gasteiger partial charge in [-0.1, -0.05) is 13.3 Å². The first-order valence-electron chi connectivity index (χ1n) is 5.43. The molecule has 0 N–H and O–H groups in total. The number of hydrogen-bond donors (Lipinski definition) is 0.